The third kappa shape index (κ3) is 3.36. The Hall–Kier alpha value is -3.71. The first-order valence-corrected chi connectivity index (χ1v) is 8.61. The summed E-state index contributed by atoms with van der Waals surface area (Å²) in [4.78, 5) is 4.55. The number of nitrogens with zero attached hydrogens (tertiary/aromatic N) is 3. The summed E-state index contributed by atoms with van der Waals surface area (Å²) in [5.41, 5.74) is 3.86. The average Bonchev–Trinajstić information content (AvgIpc) is 3.17. The molecule has 0 N–H and O–H groups in total. The fourth-order valence-corrected chi connectivity index (χ4v) is 3.17. The van der Waals surface area contributed by atoms with Crippen LogP contribution in [0.1, 0.15) is 11.1 Å². The number of imidazole rings is 1. The summed E-state index contributed by atoms with van der Waals surface area (Å²) >= 11 is 0. The maximum Gasteiger partial charge on any atom is 0.140 e. The SMILES string of the molecule is N#Cc1cc(-c2ccccc2-c2nccn2Cc2ccccc2)ccc1F. The molecule has 0 aliphatic rings. The molecule has 0 unspecified atom stereocenters. The van der Waals surface area contributed by atoms with Crippen LogP contribution in [0.5, 0.6) is 0 Å². The Labute approximate surface area is 157 Å². The molecule has 1 aromatic heterocycles. The number of aromatic nitrogens is 2. The topological polar surface area (TPSA) is 41.6 Å². The maximum absolute atomic E-state index is 13.7. The van der Waals surface area contributed by atoms with Gasteiger partial charge in [-0.1, -0.05) is 60.7 Å². The van der Waals surface area contributed by atoms with Crippen LogP contribution in [0.4, 0.5) is 4.39 Å². The first-order valence-electron chi connectivity index (χ1n) is 8.61. The van der Waals surface area contributed by atoms with Crippen LogP contribution in [0.2, 0.25) is 0 Å². The highest BCUT2D eigenvalue weighted by molar-refractivity contribution is 5.81. The Morgan fingerprint density at radius 3 is 2.44 bits per heavy atom. The molecular weight excluding hydrogens is 337 g/mol. The van der Waals surface area contributed by atoms with Gasteiger partial charge in [0.25, 0.3) is 0 Å². The Kier molecular flexibility index (Phi) is 4.51. The predicted octanol–water partition coefficient (Wildman–Crippen LogP) is 5.28. The number of hydrogen-bond donors (Lipinski definition) is 0. The largest absolute Gasteiger partial charge is 0.327 e. The molecule has 0 saturated heterocycles. The summed E-state index contributed by atoms with van der Waals surface area (Å²) in [5, 5.41) is 9.14. The highest BCUT2D eigenvalue weighted by Crippen LogP contribution is 2.32. The van der Waals surface area contributed by atoms with Crippen molar-refractivity contribution in [2.45, 2.75) is 6.54 Å². The van der Waals surface area contributed by atoms with Crippen LogP contribution in [0.3, 0.4) is 0 Å². The van der Waals surface area contributed by atoms with Gasteiger partial charge in [0.1, 0.15) is 17.7 Å². The van der Waals surface area contributed by atoms with E-state index < -0.39 is 5.82 Å². The van der Waals surface area contributed by atoms with E-state index in [0.717, 1.165) is 22.5 Å². The zero-order valence-corrected chi connectivity index (χ0v) is 14.5. The molecular formula is C23H16FN3. The van der Waals surface area contributed by atoms with Crippen molar-refractivity contribution in [2.75, 3.05) is 0 Å². The molecule has 0 bridgehead atoms. The summed E-state index contributed by atoms with van der Waals surface area (Å²) in [5.74, 6) is 0.321. The second-order valence-electron chi connectivity index (χ2n) is 6.22. The smallest absolute Gasteiger partial charge is 0.140 e. The monoisotopic (exact) mass is 353 g/mol. The van der Waals surface area contributed by atoms with Crippen LogP contribution in [-0.2, 0) is 6.54 Å². The second-order valence-corrected chi connectivity index (χ2v) is 6.22. The Bertz CT molecular complexity index is 1120. The van der Waals surface area contributed by atoms with E-state index in [9.17, 15) is 4.39 Å². The number of hydrogen-bond acceptors (Lipinski definition) is 2. The quantitative estimate of drug-likeness (QED) is 0.501. The van der Waals surface area contributed by atoms with Gasteiger partial charge >= 0.3 is 0 Å². The Morgan fingerprint density at radius 2 is 1.67 bits per heavy atom. The molecule has 4 rings (SSSR count). The highest BCUT2D eigenvalue weighted by Gasteiger charge is 2.13. The zero-order chi connectivity index (χ0) is 18.6. The lowest BCUT2D eigenvalue weighted by atomic mass is 9.97. The summed E-state index contributed by atoms with van der Waals surface area (Å²) in [7, 11) is 0. The lowest BCUT2D eigenvalue weighted by Gasteiger charge is -2.13. The van der Waals surface area contributed by atoms with Gasteiger partial charge in [-0.2, -0.15) is 5.26 Å². The predicted molar refractivity (Wildman–Crippen MR) is 103 cm³/mol. The van der Waals surface area contributed by atoms with E-state index in [-0.39, 0.29) is 5.56 Å². The van der Waals surface area contributed by atoms with Crippen LogP contribution in [0.15, 0.2) is 85.2 Å². The molecule has 4 heteroatoms. The average molecular weight is 353 g/mol. The van der Waals surface area contributed by atoms with Gasteiger partial charge in [-0.05, 0) is 28.8 Å². The van der Waals surface area contributed by atoms with Crippen LogP contribution >= 0.6 is 0 Å². The summed E-state index contributed by atoms with van der Waals surface area (Å²) in [6.07, 6.45) is 3.73. The van der Waals surface area contributed by atoms with E-state index >= 15 is 0 Å². The third-order valence-corrected chi connectivity index (χ3v) is 4.48. The van der Waals surface area contributed by atoms with Gasteiger partial charge in [-0.3, -0.25) is 0 Å². The van der Waals surface area contributed by atoms with Crippen molar-refractivity contribution in [3.8, 4) is 28.6 Å². The minimum absolute atomic E-state index is 0.0370. The fourth-order valence-electron chi connectivity index (χ4n) is 3.17. The van der Waals surface area contributed by atoms with Gasteiger partial charge in [-0.25, -0.2) is 9.37 Å². The minimum atomic E-state index is -0.510. The molecule has 1 heterocycles. The zero-order valence-electron chi connectivity index (χ0n) is 14.5. The van der Waals surface area contributed by atoms with E-state index in [1.54, 1.807) is 18.3 Å². The van der Waals surface area contributed by atoms with Gasteiger partial charge in [0.2, 0.25) is 0 Å². The van der Waals surface area contributed by atoms with Crippen molar-refractivity contribution in [3.63, 3.8) is 0 Å². The van der Waals surface area contributed by atoms with E-state index in [4.69, 9.17) is 5.26 Å². The van der Waals surface area contributed by atoms with Gasteiger partial charge in [0.05, 0.1) is 5.56 Å². The van der Waals surface area contributed by atoms with Crippen LogP contribution < -0.4 is 0 Å². The van der Waals surface area contributed by atoms with Crippen molar-refractivity contribution >= 4 is 0 Å². The maximum atomic E-state index is 13.7. The molecule has 0 fully saturated rings. The van der Waals surface area contributed by atoms with Crippen molar-refractivity contribution < 1.29 is 4.39 Å². The lowest BCUT2D eigenvalue weighted by Crippen LogP contribution is -2.02. The van der Waals surface area contributed by atoms with Crippen molar-refractivity contribution in [2.24, 2.45) is 0 Å². The minimum Gasteiger partial charge on any atom is -0.327 e. The molecule has 0 atom stereocenters. The molecule has 3 aromatic carbocycles. The molecule has 0 radical (unpaired) electrons. The van der Waals surface area contributed by atoms with Gasteiger partial charge in [0, 0.05) is 24.5 Å². The van der Waals surface area contributed by atoms with Gasteiger partial charge < -0.3 is 4.57 Å². The van der Waals surface area contributed by atoms with Crippen molar-refractivity contribution in [1.29, 1.82) is 5.26 Å². The second kappa shape index (κ2) is 7.27. The van der Waals surface area contributed by atoms with E-state index in [2.05, 4.69) is 21.7 Å². The summed E-state index contributed by atoms with van der Waals surface area (Å²) in [6.45, 7) is 0.706. The number of rotatable bonds is 4. The standard InChI is InChI=1S/C23H16FN3/c24-22-11-10-18(14-19(22)15-25)20-8-4-5-9-21(20)23-26-12-13-27(23)16-17-6-2-1-3-7-17/h1-14H,16H2. The molecule has 0 aliphatic heterocycles. The van der Waals surface area contributed by atoms with E-state index in [1.807, 2.05) is 54.7 Å². The lowest BCUT2D eigenvalue weighted by molar-refractivity contribution is 0.624. The molecule has 0 aliphatic carbocycles. The molecule has 0 saturated carbocycles. The Morgan fingerprint density at radius 1 is 0.926 bits per heavy atom. The number of halogens is 1. The van der Waals surface area contributed by atoms with Crippen LogP contribution in [0.25, 0.3) is 22.5 Å². The molecule has 0 spiro atoms. The highest BCUT2D eigenvalue weighted by atomic mass is 19.1. The normalized spacial score (nSPS) is 10.5. The van der Waals surface area contributed by atoms with Crippen molar-refractivity contribution in [1.82, 2.24) is 9.55 Å². The van der Waals surface area contributed by atoms with Crippen LogP contribution in [-0.4, -0.2) is 9.55 Å². The van der Waals surface area contributed by atoms with E-state index in [0.29, 0.717) is 6.54 Å². The first-order chi connectivity index (χ1) is 13.3. The van der Waals surface area contributed by atoms with Crippen LogP contribution in [0, 0.1) is 17.1 Å². The molecule has 0 amide bonds. The first kappa shape index (κ1) is 16.7. The van der Waals surface area contributed by atoms with Crippen molar-refractivity contribution in [3.05, 3.63) is 102 Å². The summed E-state index contributed by atoms with van der Waals surface area (Å²) in [6, 6.07) is 24.5. The molecule has 3 nitrogen and oxygen atoms in total. The van der Waals surface area contributed by atoms with Gasteiger partial charge in [0.15, 0.2) is 0 Å². The molecule has 27 heavy (non-hydrogen) atoms. The molecule has 4 aromatic rings. The fraction of sp³-hybridized carbons (Fsp3) is 0.0435. The van der Waals surface area contributed by atoms with Gasteiger partial charge in [-0.15, -0.1) is 0 Å². The number of benzene rings is 3. The number of nitriles is 1. The third-order valence-electron chi connectivity index (χ3n) is 4.48. The molecule has 130 valence electrons. The summed E-state index contributed by atoms with van der Waals surface area (Å²) < 4.78 is 15.8. The Balaban J connectivity index is 1.79. The van der Waals surface area contributed by atoms with E-state index in [1.165, 1.54) is 11.6 Å².